The Morgan fingerprint density at radius 3 is 3.00 bits per heavy atom. The minimum Gasteiger partial charge on any atom is -0.361 e. The summed E-state index contributed by atoms with van der Waals surface area (Å²) in [7, 11) is 3.84. The van der Waals surface area contributed by atoms with E-state index in [-0.39, 0.29) is 11.8 Å². The van der Waals surface area contributed by atoms with Crippen LogP contribution in [0.2, 0.25) is 0 Å². The fraction of sp³-hybridized carbons (Fsp3) is 0.571. The van der Waals surface area contributed by atoms with E-state index in [4.69, 9.17) is 0 Å². The van der Waals surface area contributed by atoms with Crippen molar-refractivity contribution in [1.82, 2.24) is 10.3 Å². The number of rotatable bonds is 3. The van der Waals surface area contributed by atoms with Crippen molar-refractivity contribution in [3.63, 3.8) is 0 Å². The zero-order chi connectivity index (χ0) is 13.8. The van der Waals surface area contributed by atoms with E-state index in [9.17, 15) is 4.79 Å². The maximum atomic E-state index is 12.3. The molecule has 2 atom stereocenters. The highest BCUT2D eigenvalue weighted by Gasteiger charge is 2.25. The van der Waals surface area contributed by atoms with E-state index in [1.807, 2.05) is 31.1 Å². The molecule has 0 saturated carbocycles. The van der Waals surface area contributed by atoms with Gasteiger partial charge < -0.3 is 15.5 Å². The van der Waals surface area contributed by atoms with Gasteiger partial charge in [0.1, 0.15) is 0 Å². The lowest BCUT2D eigenvalue weighted by Crippen LogP contribution is -2.40. The Bertz CT molecular complexity index is 447. The summed E-state index contributed by atoms with van der Waals surface area (Å²) in [6.45, 7) is 3.03. The first-order valence-electron chi connectivity index (χ1n) is 6.74. The molecule has 1 amide bonds. The highest BCUT2D eigenvalue weighted by atomic mass is 16.1. The highest BCUT2D eigenvalue weighted by molar-refractivity contribution is 5.95. The van der Waals surface area contributed by atoms with Crippen molar-refractivity contribution < 1.29 is 4.79 Å². The van der Waals surface area contributed by atoms with Gasteiger partial charge in [-0.05, 0) is 38.4 Å². The fourth-order valence-electron chi connectivity index (χ4n) is 2.46. The summed E-state index contributed by atoms with van der Waals surface area (Å²) in [5, 5.41) is 6.37. The Morgan fingerprint density at radius 1 is 1.53 bits per heavy atom. The Hall–Kier alpha value is -1.62. The molecule has 5 heteroatoms. The molecule has 2 N–H and O–H groups in total. The number of carbonyl (C=O) groups is 1. The van der Waals surface area contributed by atoms with Crippen LogP contribution in [0.3, 0.4) is 0 Å². The molecular formula is C14H22N4O. The summed E-state index contributed by atoms with van der Waals surface area (Å²) < 4.78 is 0. The lowest BCUT2D eigenvalue weighted by atomic mass is 9.92. The van der Waals surface area contributed by atoms with E-state index >= 15 is 0 Å². The molecule has 1 aromatic rings. The van der Waals surface area contributed by atoms with Gasteiger partial charge in [-0.3, -0.25) is 4.79 Å². The van der Waals surface area contributed by atoms with Gasteiger partial charge in [-0.2, -0.15) is 0 Å². The summed E-state index contributed by atoms with van der Waals surface area (Å²) in [5.74, 6) is 0.980. The molecule has 1 saturated heterocycles. The average Bonchev–Trinajstić information content (AvgIpc) is 2.39. The summed E-state index contributed by atoms with van der Waals surface area (Å²) in [4.78, 5) is 18.5. The molecule has 0 aliphatic carbocycles. The average molecular weight is 262 g/mol. The van der Waals surface area contributed by atoms with Crippen LogP contribution in [0, 0.1) is 5.92 Å². The molecule has 19 heavy (non-hydrogen) atoms. The number of nitrogens with one attached hydrogen (secondary N) is 2. The van der Waals surface area contributed by atoms with Crippen molar-refractivity contribution in [2.45, 2.75) is 25.8 Å². The Labute approximate surface area is 114 Å². The maximum absolute atomic E-state index is 12.3. The van der Waals surface area contributed by atoms with Crippen molar-refractivity contribution >= 4 is 17.4 Å². The molecule has 1 fully saturated rings. The summed E-state index contributed by atoms with van der Waals surface area (Å²) in [6.07, 6.45) is 3.52. The number of carbonyl (C=O) groups excluding carboxylic acids is 1. The van der Waals surface area contributed by atoms with E-state index in [1.54, 1.807) is 6.20 Å². The largest absolute Gasteiger partial charge is 0.361 e. The van der Waals surface area contributed by atoms with E-state index in [1.165, 1.54) is 0 Å². The first-order valence-corrected chi connectivity index (χ1v) is 6.74. The topological polar surface area (TPSA) is 57.3 Å². The van der Waals surface area contributed by atoms with Crippen LogP contribution in [0.25, 0.3) is 0 Å². The molecule has 2 rings (SSSR count). The monoisotopic (exact) mass is 262 g/mol. The van der Waals surface area contributed by atoms with Gasteiger partial charge in [-0.25, -0.2) is 4.98 Å². The minimum absolute atomic E-state index is 0.0893. The molecule has 1 aromatic heterocycles. The second kappa shape index (κ2) is 6.02. The first kappa shape index (κ1) is 13.8. The van der Waals surface area contributed by atoms with Crippen LogP contribution in [-0.4, -0.2) is 37.6 Å². The predicted octanol–water partition coefficient (Wildman–Crippen LogP) is 1.47. The van der Waals surface area contributed by atoms with E-state index in [0.29, 0.717) is 6.04 Å². The second-order valence-corrected chi connectivity index (χ2v) is 5.33. The molecule has 2 unspecified atom stereocenters. The smallest absolute Gasteiger partial charge is 0.227 e. The summed E-state index contributed by atoms with van der Waals surface area (Å²) in [5.41, 5.74) is 0.781. The Morgan fingerprint density at radius 2 is 2.32 bits per heavy atom. The van der Waals surface area contributed by atoms with Gasteiger partial charge in [-0.1, -0.05) is 0 Å². The van der Waals surface area contributed by atoms with Gasteiger partial charge in [0.2, 0.25) is 5.91 Å². The Kier molecular flexibility index (Phi) is 4.37. The maximum Gasteiger partial charge on any atom is 0.227 e. The number of nitrogens with zero attached hydrogens (tertiary/aromatic N) is 2. The van der Waals surface area contributed by atoms with Crippen LogP contribution >= 0.6 is 0 Å². The third-order valence-corrected chi connectivity index (χ3v) is 3.46. The van der Waals surface area contributed by atoms with Crippen LogP contribution in [-0.2, 0) is 4.79 Å². The van der Waals surface area contributed by atoms with Crippen LogP contribution in [0.1, 0.15) is 19.8 Å². The van der Waals surface area contributed by atoms with Gasteiger partial charge in [0, 0.05) is 32.3 Å². The second-order valence-electron chi connectivity index (χ2n) is 5.33. The lowest BCUT2D eigenvalue weighted by Gasteiger charge is -2.27. The van der Waals surface area contributed by atoms with Crippen molar-refractivity contribution in [1.29, 1.82) is 0 Å². The van der Waals surface area contributed by atoms with E-state index in [2.05, 4.69) is 22.5 Å². The number of amides is 1. The van der Waals surface area contributed by atoms with Gasteiger partial charge in [0.15, 0.2) is 5.82 Å². The van der Waals surface area contributed by atoms with Gasteiger partial charge >= 0.3 is 0 Å². The van der Waals surface area contributed by atoms with Crippen molar-refractivity contribution in [2.24, 2.45) is 5.92 Å². The van der Waals surface area contributed by atoms with Crippen LogP contribution in [0.15, 0.2) is 18.3 Å². The zero-order valence-electron chi connectivity index (χ0n) is 11.8. The number of hydrogen-bond donors (Lipinski definition) is 2. The van der Waals surface area contributed by atoms with E-state index in [0.717, 1.165) is 30.9 Å². The third kappa shape index (κ3) is 3.44. The molecule has 1 aliphatic rings. The van der Waals surface area contributed by atoms with Gasteiger partial charge in [0.25, 0.3) is 0 Å². The molecule has 5 nitrogen and oxygen atoms in total. The molecule has 0 bridgehead atoms. The molecule has 2 heterocycles. The first-order chi connectivity index (χ1) is 9.08. The third-order valence-electron chi connectivity index (χ3n) is 3.46. The molecule has 0 spiro atoms. The Balaban J connectivity index is 2.06. The van der Waals surface area contributed by atoms with E-state index < -0.39 is 0 Å². The van der Waals surface area contributed by atoms with Crippen molar-refractivity contribution in [3.05, 3.63) is 18.3 Å². The SMILES string of the molecule is CC1CC(C(=O)Nc2cccnc2N(C)C)CCN1. The molecule has 104 valence electrons. The van der Waals surface area contributed by atoms with Crippen molar-refractivity contribution in [3.8, 4) is 0 Å². The molecule has 0 aromatic carbocycles. The quantitative estimate of drug-likeness (QED) is 0.866. The van der Waals surface area contributed by atoms with Crippen LogP contribution in [0.5, 0.6) is 0 Å². The standard InChI is InChI=1S/C14H22N4O/c1-10-9-11(6-8-15-10)14(19)17-12-5-4-7-16-13(12)18(2)3/h4-5,7,10-11,15H,6,8-9H2,1-3H3,(H,17,19). The number of pyridine rings is 1. The number of anilines is 2. The predicted molar refractivity (Wildman–Crippen MR) is 77.4 cm³/mol. The van der Waals surface area contributed by atoms with Gasteiger partial charge in [-0.15, -0.1) is 0 Å². The minimum atomic E-state index is 0.0893. The summed E-state index contributed by atoms with van der Waals surface area (Å²) >= 11 is 0. The molecular weight excluding hydrogens is 240 g/mol. The van der Waals surface area contributed by atoms with Gasteiger partial charge in [0.05, 0.1) is 5.69 Å². The number of aromatic nitrogens is 1. The number of hydrogen-bond acceptors (Lipinski definition) is 4. The highest BCUT2D eigenvalue weighted by Crippen LogP contribution is 2.23. The lowest BCUT2D eigenvalue weighted by molar-refractivity contribution is -0.120. The van der Waals surface area contributed by atoms with Crippen molar-refractivity contribution in [2.75, 3.05) is 30.9 Å². The molecule has 0 radical (unpaired) electrons. The normalized spacial score (nSPS) is 22.9. The zero-order valence-corrected chi connectivity index (χ0v) is 11.8. The number of piperidine rings is 1. The fourth-order valence-corrected chi connectivity index (χ4v) is 2.46. The molecule has 1 aliphatic heterocycles. The van der Waals surface area contributed by atoms with Crippen LogP contribution in [0.4, 0.5) is 11.5 Å². The summed E-state index contributed by atoms with van der Waals surface area (Å²) in [6, 6.07) is 4.14. The van der Waals surface area contributed by atoms with Crippen LogP contribution < -0.4 is 15.5 Å².